The van der Waals surface area contributed by atoms with Crippen LogP contribution in [0.2, 0.25) is 0 Å². The number of hydrogen-bond acceptors (Lipinski definition) is 10. The van der Waals surface area contributed by atoms with E-state index in [1.54, 1.807) is 36.4 Å². The van der Waals surface area contributed by atoms with Crippen molar-refractivity contribution in [1.82, 2.24) is 14.3 Å². The van der Waals surface area contributed by atoms with Crippen molar-refractivity contribution in [3.63, 3.8) is 0 Å². The van der Waals surface area contributed by atoms with E-state index in [2.05, 4.69) is 9.88 Å². The number of nitrogens with zero attached hydrogens (tertiary/aromatic N) is 7. The Balaban J connectivity index is 1.11. The maximum absolute atomic E-state index is 13.8. The summed E-state index contributed by atoms with van der Waals surface area (Å²) in [6.45, 7) is 4.88. The molecule has 1 aromatic heterocycles. The highest BCUT2D eigenvalue weighted by Gasteiger charge is 2.47. The van der Waals surface area contributed by atoms with Gasteiger partial charge in [0.05, 0.1) is 22.4 Å². The zero-order valence-corrected chi connectivity index (χ0v) is 26.1. The predicted molar refractivity (Wildman–Crippen MR) is 167 cm³/mol. The third-order valence-electron chi connectivity index (χ3n) is 8.77. The van der Waals surface area contributed by atoms with E-state index >= 15 is 0 Å². The summed E-state index contributed by atoms with van der Waals surface area (Å²) in [6, 6.07) is 13.4. The van der Waals surface area contributed by atoms with Gasteiger partial charge in [0.1, 0.15) is 12.0 Å². The number of carbonyl (C=O) groups excluding carboxylic acids is 1. The molecule has 4 aliphatic rings. The van der Waals surface area contributed by atoms with Crippen LogP contribution in [0.1, 0.15) is 28.0 Å². The smallest absolute Gasteiger partial charge is 0.262 e. The standard InChI is InChI=1S/C29H34N8O5S2/c1-19-15-26(34-10-9-21(30)18-34)32-29(31-19)33-11-13-35(14-12-33)44(41,42)22-7-8-24-20(16-22)17-27-36(24)28(38)23-5-3-4-6-25(23)37(27)43(2,39)40/h3-8,15-16,21,27H,9-14,17-18,30H2,1-2H3/t21-,27?/m0/s1. The number of rotatable bonds is 5. The molecule has 2 aromatic carbocycles. The molecular formula is C29H34N8O5S2. The van der Waals surface area contributed by atoms with Gasteiger partial charge in [0.15, 0.2) is 0 Å². The van der Waals surface area contributed by atoms with E-state index in [1.165, 1.54) is 19.6 Å². The van der Waals surface area contributed by atoms with Crippen LogP contribution in [-0.4, -0.2) is 94.7 Å². The fourth-order valence-corrected chi connectivity index (χ4v) is 9.25. The number of benzene rings is 2. The molecule has 13 nitrogen and oxygen atoms in total. The first-order chi connectivity index (χ1) is 20.9. The lowest BCUT2D eigenvalue weighted by Gasteiger charge is -2.40. The molecule has 4 aliphatic heterocycles. The monoisotopic (exact) mass is 638 g/mol. The third kappa shape index (κ3) is 4.78. The summed E-state index contributed by atoms with van der Waals surface area (Å²) in [5.74, 6) is 1.10. The first-order valence-electron chi connectivity index (χ1n) is 14.6. The molecule has 3 aromatic rings. The molecule has 0 aliphatic carbocycles. The van der Waals surface area contributed by atoms with E-state index < -0.39 is 26.2 Å². The summed E-state index contributed by atoms with van der Waals surface area (Å²) >= 11 is 0. The van der Waals surface area contributed by atoms with Crippen molar-refractivity contribution < 1.29 is 21.6 Å². The number of amides is 1. The molecule has 1 amide bonds. The summed E-state index contributed by atoms with van der Waals surface area (Å²) in [6.07, 6.45) is 1.39. The maximum Gasteiger partial charge on any atom is 0.262 e. The van der Waals surface area contributed by atoms with Gasteiger partial charge in [-0.05, 0) is 49.2 Å². The van der Waals surface area contributed by atoms with Gasteiger partial charge in [-0.15, -0.1) is 0 Å². The highest BCUT2D eigenvalue weighted by atomic mass is 32.2. The summed E-state index contributed by atoms with van der Waals surface area (Å²) in [5.41, 5.74) is 8.66. The molecule has 15 heteroatoms. The van der Waals surface area contributed by atoms with E-state index in [1.807, 2.05) is 17.9 Å². The Hall–Kier alpha value is -3.79. The average molecular weight is 639 g/mol. The Bertz CT molecular complexity index is 1880. The molecule has 2 fully saturated rings. The van der Waals surface area contributed by atoms with Crippen molar-refractivity contribution in [1.29, 1.82) is 0 Å². The van der Waals surface area contributed by atoms with Crippen LogP contribution in [-0.2, 0) is 26.5 Å². The van der Waals surface area contributed by atoms with Gasteiger partial charge in [-0.3, -0.25) is 9.69 Å². The minimum Gasteiger partial charge on any atom is -0.355 e. The average Bonchev–Trinajstić information content (AvgIpc) is 3.59. The minimum atomic E-state index is -3.86. The van der Waals surface area contributed by atoms with Gasteiger partial charge >= 0.3 is 0 Å². The van der Waals surface area contributed by atoms with Gasteiger partial charge in [0.2, 0.25) is 26.0 Å². The van der Waals surface area contributed by atoms with E-state index in [0.29, 0.717) is 36.0 Å². The number of piperazine rings is 1. The maximum atomic E-state index is 13.8. The van der Waals surface area contributed by atoms with Gasteiger partial charge in [-0.25, -0.2) is 26.1 Å². The van der Waals surface area contributed by atoms with Crippen molar-refractivity contribution in [3.8, 4) is 0 Å². The van der Waals surface area contributed by atoms with Crippen LogP contribution < -0.4 is 24.7 Å². The number of aromatic nitrogens is 2. The van der Waals surface area contributed by atoms with Crippen molar-refractivity contribution in [2.24, 2.45) is 5.73 Å². The lowest BCUT2D eigenvalue weighted by Crippen LogP contribution is -2.55. The summed E-state index contributed by atoms with van der Waals surface area (Å²) < 4.78 is 56.1. The molecule has 0 saturated carbocycles. The lowest BCUT2D eigenvalue weighted by atomic mass is 10.1. The quantitative estimate of drug-likeness (QED) is 0.431. The topological polar surface area (TPSA) is 153 Å². The zero-order valence-electron chi connectivity index (χ0n) is 24.5. The molecule has 0 bridgehead atoms. The summed E-state index contributed by atoms with van der Waals surface area (Å²) in [5, 5.41) is 0. The summed E-state index contributed by atoms with van der Waals surface area (Å²) in [4.78, 5) is 28.6. The number of hydrogen-bond donors (Lipinski definition) is 1. The van der Waals surface area contributed by atoms with Gasteiger partial charge in [0.25, 0.3) is 5.91 Å². The number of anilines is 4. The van der Waals surface area contributed by atoms with Crippen LogP contribution in [0.4, 0.5) is 23.1 Å². The molecular weight excluding hydrogens is 605 g/mol. The number of nitrogens with two attached hydrogens (primary N) is 1. The van der Waals surface area contributed by atoms with Crippen LogP contribution in [0, 0.1) is 6.92 Å². The van der Waals surface area contributed by atoms with Crippen molar-refractivity contribution in [3.05, 3.63) is 65.4 Å². The van der Waals surface area contributed by atoms with Crippen LogP contribution >= 0.6 is 0 Å². The Morgan fingerprint density at radius 2 is 1.64 bits per heavy atom. The van der Waals surface area contributed by atoms with E-state index in [0.717, 1.165) is 37.3 Å². The number of para-hydroxylation sites is 1. The highest BCUT2D eigenvalue weighted by Crippen LogP contribution is 2.43. The normalized spacial score (nSPS) is 22.3. The van der Waals surface area contributed by atoms with Gasteiger partial charge < -0.3 is 15.5 Å². The number of aryl methyl sites for hydroxylation is 1. The molecule has 232 valence electrons. The minimum absolute atomic E-state index is 0.111. The van der Waals surface area contributed by atoms with Crippen LogP contribution in [0.15, 0.2) is 53.4 Å². The Morgan fingerprint density at radius 1 is 0.886 bits per heavy atom. The largest absolute Gasteiger partial charge is 0.355 e. The van der Waals surface area contributed by atoms with Crippen LogP contribution in [0.5, 0.6) is 0 Å². The second kappa shape index (κ2) is 10.4. The first kappa shape index (κ1) is 29.0. The molecule has 2 atom stereocenters. The lowest BCUT2D eigenvalue weighted by molar-refractivity contribution is 0.0976. The molecule has 0 radical (unpaired) electrons. The second-order valence-electron chi connectivity index (χ2n) is 11.8. The SMILES string of the molecule is Cc1cc(N2CC[C@H](N)C2)nc(N2CCN(S(=O)(=O)c3ccc4c(c3)CC3N4C(=O)c4ccccc4N3S(C)(=O)=O)CC2)n1. The van der Waals surface area contributed by atoms with Crippen molar-refractivity contribution in [2.75, 3.05) is 64.5 Å². The molecule has 0 spiro atoms. The first-order valence-corrected chi connectivity index (χ1v) is 17.9. The Kier molecular flexibility index (Phi) is 6.84. The Morgan fingerprint density at radius 3 is 2.34 bits per heavy atom. The van der Waals surface area contributed by atoms with Crippen LogP contribution in [0.25, 0.3) is 0 Å². The van der Waals surface area contributed by atoms with Crippen molar-refractivity contribution in [2.45, 2.75) is 36.9 Å². The van der Waals surface area contributed by atoms with E-state index in [-0.39, 0.29) is 41.9 Å². The molecule has 2 saturated heterocycles. The zero-order chi connectivity index (χ0) is 31.0. The number of sulfonamides is 2. The highest BCUT2D eigenvalue weighted by molar-refractivity contribution is 7.92. The van der Waals surface area contributed by atoms with Gasteiger partial charge in [-0.2, -0.15) is 9.29 Å². The molecule has 2 N–H and O–H groups in total. The molecule has 1 unspecified atom stereocenters. The molecule has 44 heavy (non-hydrogen) atoms. The van der Waals surface area contributed by atoms with Crippen LogP contribution in [0.3, 0.4) is 0 Å². The number of fused-ring (bicyclic) bond motifs is 4. The van der Waals surface area contributed by atoms with Gasteiger partial charge in [-0.1, -0.05) is 12.1 Å². The Labute approximate surface area is 257 Å². The van der Waals surface area contributed by atoms with E-state index in [9.17, 15) is 21.6 Å². The second-order valence-corrected chi connectivity index (χ2v) is 15.6. The molecule has 5 heterocycles. The van der Waals surface area contributed by atoms with E-state index in [4.69, 9.17) is 10.7 Å². The molecule has 7 rings (SSSR count). The fraction of sp³-hybridized carbons (Fsp3) is 0.414. The van der Waals surface area contributed by atoms with Crippen molar-refractivity contribution >= 4 is 49.1 Å². The summed E-state index contributed by atoms with van der Waals surface area (Å²) in [7, 11) is -7.60. The number of carbonyl (C=O) groups is 1. The predicted octanol–water partition coefficient (Wildman–Crippen LogP) is 1.14. The van der Waals surface area contributed by atoms with Gasteiger partial charge in [0, 0.05) is 69.2 Å². The third-order valence-corrected chi connectivity index (χ3v) is 11.8. The fourth-order valence-electron chi connectivity index (χ4n) is 6.65.